The van der Waals surface area contributed by atoms with E-state index < -0.39 is 0 Å². The summed E-state index contributed by atoms with van der Waals surface area (Å²) >= 11 is 0. The van der Waals surface area contributed by atoms with Crippen LogP contribution in [0.25, 0.3) is 0 Å². The van der Waals surface area contributed by atoms with Crippen molar-refractivity contribution in [2.45, 2.75) is 6.42 Å². The Kier molecular flexibility index (Phi) is 4.45. The third-order valence-corrected chi connectivity index (χ3v) is 1.85. The summed E-state index contributed by atoms with van der Waals surface area (Å²) < 4.78 is 0. The summed E-state index contributed by atoms with van der Waals surface area (Å²) in [4.78, 5) is 12.9. The van der Waals surface area contributed by atoms with E-state index in [2.05, 4.69) is 5.32 Å². The fourth-order valence-electron chi connectivity index (χ4n) is 1.23. The molecule has 1 saturated heterocycles. The van der Waals surface area contributed by atoms with Crippen LogP contribution in [0, 0.1) is 5.92 Å². The average Bonchev–Trinajstić information content (AvgIpc) is 2.36. The van der Waals surface area contributed by atoms with E-state index in [1.54, 1.807) is 19.0 Å². The first kappa shape index (κ1) is 10.7. The highest BCUT2D eigenvalue weighted by molar-refractivity contribution is 5.85. The summed E-state index contributed by atoms with van der Waals surface area (Å²) in [6, 6.07) is 0. The maximum absolute atomic E-state index is 11.2. The zero-order chi connectivity index (χ0) is 7.56. The van der Waals surface area contributed by atoms with Crippen LogP contribution in [-0.4, -0.2) is 38.0 Å². The molecule has 1 fully saturated rings. The summed E-state index contributed by atoms with van der Waals surface area (Å²) in [6.07, 6.45) is 0.997. The molecule has 4 heteroatoms. The highest BCUT2D eigenvalue weighted by Gasteiger charge is 2.23. The molecule has 1 amide bonds. The van der Waals surface area contributed by atoms with Crippen molar-refractivity contribution in [1.82, 2.24) is 10.2 Å². The first-order valence-electron chi connectivity index (χ1n) is 3.63. The first-order valence-corrected chi connectivity index (χ1v) is 3.63. The van der Waals surface area contributed by atoms with E-state index in [1.807, 2.05) is 0 Å². The lowest BCUT2D eigenvalue weighted by Crippen LogP contribution is -2.30. The number of nitrogens with zero attached hydrogens (tertiary/aromatic N) is 1. The van der Waals surface area contributed by atoms with E-state index in [4.69, 9.17) is 0 Å². The maximum atomic E-state index is 11.2. The number of carbonyl (C=O) groups is 1. The number of carbonyl (C=O) groups excluding carboxylic acids is 1. The molecule has 0 spiro atoms. The van der Waals surface area contributed by atoms with Gasteiger partial charge in [0.15, 0.2) is 0 Å². The lowest BCUT2D eigenvalue weighted by molar-refractivity contribution is -0.132. The predicted molar refractivity (Wildman–Crippen MR) is 46.9 cm³/mol. The van der Waals surface area contributed by atoms with Crippen LogP contribution in [0.3, 0.4) is 0 Å². The Labute approximate surface area is 73.5 Å². The summed E-state index contributed by atoms with van der Waals surface area (Å²) in [7, 11) is 3.61. The van der Waals surface area contributed by atoms with Crippen LogP contribution in [-0.2, 0) is 4.79 Å². The number of halogens is 1. The van der Waals surface area contributed by atoms with E-state index in [0.717, 1.165) is 19.5 Å². The van der Waals surface area contributed by atoms with Gasteiger partial charge >= 0.3 is 0 Å². The van der Waals surface area contributed by atoms with E-state index in [0.29, 0.717) is 0 Å². The number of hydrogen-bond acceptors (Lipinski definition) is 2. The molecule has 0 aromatic carbocycles. The van der Waals surface area contributed by atoms with Gasteiger partial charge in [-0.25, -0.2) is 0 Å². The SMILES string of the molecule is CN(C)C(=O)[C@@H]1CCNC1.Cl. The fourth-order valence-corrected chi connectivity index (χ4v) is 1.23. The van der Waals surface area contributed by atoms with Crippen LogP contribution in [0.15, 0.2) is 0 Å². The molecular weight excluding hydrogens is 164 g/mol. The van der Waals surface area contributed by atoms with Gasteiger partial charge in [0.1, 0.15) is 0 Å². The Morgan fingerprint density at radius 3 is 2.55 bits per heavy atom. The summed E-state index contributed by atoms with van der Waals surface area (Å²) in [6.45, 7) is 1.85. The minimum absolute atomic E-state index is 0. The van der Waals surface area contributed by atoms with Crippen LogP contribution in [0.2, 0.25) is 0 Å². The van der Waals surface area contributed by atoms with Gasteiger partial charge in [-0.15, -0.1) is 12.4 Å². The van der Waals surface area contributed by atoms with Gasteiger partial charge in [0.25, 0.3) is 0 Å². The quantitative estimate of drug-likeness (QED) is 0.618. The van der Waals surface area contributed by atoms with Gasteiger partial charge in [0.2, 0.25) is 5.91 Å². The topological polar surface area (TPSA) is 32.3 Å². The molecule has 0 radical (unpaired) electrons. The molecule has 1 aliphatic heterocycles. The minimum Gasteiger partial charge on any atom is -0.349 e. The molecule has 1 atom stereocenters. The third kappa shape index (κ3) is 2.67. The molecule has 11 heavy (non-hydrogen) atoms. The van der Waals surface area contributed by atoms with Gasteiger partial charge in [0, 0.05) is 20.6 Å². The molecule has 1 N–H and O–H groups in total. The number of hydrogen-bond donors (Lipinski definition) is 1. The van der Waals surface area contributed by atoms with Gasteiger partial charge in [-0.2, -0.15) is 0 Å². The standard InChI is InChI=1S/C7H14N2O.ClH/c1-9(2)7(10)6-3-4-8-5-6;/h6,8H,3-5H2,1-2H3;1H/t6-;/m1./s1. The number of rotatable bonds is 1. The predicted octanol–water partition coefficient (Wildman–Crippen LogP) is 0.106. The van der Waals surface area contributed by atoms with Crippen LogP contribution in [0.1, 0.15) is 6.42 Å². The average molecular weight is 179 g/mol. The molecule has 1 aliphatic rings. The van der Waals surface area contributed by atoms with E-state index in [9.17, 15) is 4.79 Å². The Morgan fingerprint density at radius 2 is 2.18 bits per heavy atom. The molecule has 1 heterocycles. The largest absolute Gasteiger partial charge is 0.349 e. The van der Waals surface area contributed by atoms with Crippen molar-refractivity contribution in [3.05, 3.63) is 0 Å². The van der Waals surface area contributed by atoms with Crippen molar-refractivity contribution in [1.29, 1.82) is 0 Å². The van der Waals surface area contributed by atoms with Crippen molar-refractivity contribution >= 4 is 18.3 Å². The number of amides is 1. The Balaban J connectivity index is 0.000001000. The van der Waals surface area contributed by atoms with Crippen molar-refractivity contribution < 1.29 is 4.79 Å². The second-order valence-corrected chi connectivity index (χ2v) is 2.92. The monoisotopic (exact) mass is 178 g/mol. The molecule has 66 valence electrons. The molecule has 0 bridgehead atoms. The highest BCUT2D eigenvalue weighted by Crippen LogP contribution is 2.09. The van der Waals surface area contributed by atoms with Crippen LogP contribution in [0.5, 0.6) is 0 Å². The van der Waals surface area contributed by atoms with Crippen molar-refractivity contribution in [3.8, 4) is 0 Å². The molecule has 1 rings (SSSR count). The molecule has 0 saturated carbocycles. The van der Waals surface area contributed by atoms with Gasteiger partial charge in [-0.3, -0.25) is 4.79 Å². The summed E-state index contributed by atoms with van der Waals surface area (Å²) in [5, 5.41) is 3.16. The molecular formula is C7H15ClN2O. The van der Waals surface area contributed by atoms with Gasteiger partial charge in [-0.05, 0) is 13.0 Å². The summed E-state index contributed by atoms with van der Waals surface area (Å²) in [5.41, 5.74) is 0. The van der Waals surface area contributed by atoms with Gasteiger partial charge in [-0.1, -0.05) is 0 Å². The lowest BCUT2D eigenvalue weighted by Gasteiger charge is -2.14. The minimum atomic E-state index is 0. The zero-order valence-electron chi connectivity index (χ0n) is 6.96. The van der Waals surface area contributed by atoms with Gasteiger partial charge in [0.05, 0.1) is 5.92 Å². The Bertz CT molecular complexity index is 132. The van der Waals surface area contributed by atoms with Crippen molar-refractivity contribution in [2.24, 2.45) is 5.92 Å². The number of nitrogens with one attached hydrogen (secondary N) is 1. The van der Waals surface area contributed by atoms with Crippen LogP contribution in [0.4, 0.5) is 0 Å². The Morgan fingerprint density at radius 1 is 1.55 bits per heavy atom. The molecule has 0 unspecified atom stereocenters. The van der Waals surface area contributed by atoms with E-state index >= 15 is 0 Å². The van der Waals surface area contributed by atoms with Crippen molar-refractivity contribution in [2.75, 3.05) is 27.2 Å². The molecule has 0 aliphatic carbocycles. The normalized spacial score (nSPS) is 22.5. The first-order chi connectivity index (χ1) is 4.72. The van der Waals surface area contributed by atoms with E-state index in [1.165, 1.54) is 0 Å². The lowest BCUT2D eigenvalue weighted by atomic mass is 10.1. The van der Waals surface area contributed by atoms with Crippen molar-refractivity contribution in [3.63, 3.8) is 0 Å². The highest BCUT2D eigenvalue weighted by atomic mass is 35.5. The second-order valence-electron chi connectivity index (χ2n) is 2.92. The second kappa shape index (κ2) is 4.57. The zero-order valence-corrected chi connectivity index (χ0v) is 7.78. The summed E-state index contributed by atoms with van der Waals surface area (Å²) in [5.74, 6) is 0.486. The maximum Gasteiger partial charge on any atom is 0.226 e. The molecule has 0 aromatic rings. The molecule has 0 aromatic heterocycles. The smallest absolute Gasteiger partial charge is 0.226 e. The third-order valence-electron chi connectivity index (χ3n) is 1.85. The van der Waals surface area contributed by atoms with Crippen LogP contribution < -0.4 is 5.32 Å². The van der Waals surface area contributed by atoms with Crippen LogP contribution >= 0.6 is 12.4 Å². The van der Waals surface area contributed by atoms with E-state index in [-0.39, 0.29) is 24.2 Å². The molecule has 3 nitrogen and oxygen atoms in total. The van der Waals surface area contributed by atoms with Gasteiger partial charge < -0.3 is 10.2 Å². The fraction of sp³-hybridized carbons (Fsp3) is 0.857. The Hall–Kier alpha value is -0.280.